The smallest absolute Gasteiger partial charge is 0.234 e. The Labute approximate surface area is 202 Å². The number of thioether (sulfide) groups is 1. The van der Waals surface area contributed by atoms with Crippen LogP contribution < -0.4 is 10.1 Å². The number of carbonyl (C=O) groups excluding carboxylic acids is 1. The highest BCUT2D eigenvalue weighted by molar-refractivity contribution is 7.99. The Hall–Kier alpha value is -4.09. The molecule has 34 heavy (non-hydrogen) atoms. The molecule has 1 amide bonds. The second kappa shape index (κ2) is 10.7. The molecular formula is C26H23N5O2S. The molecule has 0 saturated carbocycles. The SMILES string of the molecule is Cc1cccc(C)c1OCc1nnc(SCC(=O)Nc2ccc(C#N)cc2)n1-c1ccccc1. The number of nitrogens with zero attached hydrogens (tertiary/aromatic N) is 4. The van der Waals surface area contributed by atoms with E-state index in [0.717, 1.165) is 22.6 Å². The molecule has 0 aliphatic heterocycles. The summed E-state index contributed by atoms with van der Waals surface area (Å²) in [6.45, 7) is 4.27. The number of rotatable bonds is 8. The minimum atomic E-state index is -0.175. The van der Waals surface area contributed by atoms with Crippen LogP contribution in [0.2, 0.25) is 0 Å². The largest absolute Gasteiger partial charge is 0.485 e. The molecule has 4 rings (SSSR count). The van der Waals surface area contributed by atoms with Gasteiger partial charge >= 0.3 is 0 Å². The van der Waals surface area contributed by atoms with Crippen LogP contribution in [-0.4, -0.2) is 26.4 Å². The van der Waals surface area contributed by atoms with Crippen LogP contribution in [0.25, 0.3) is 5.69 Å². The molecule has 4 aromatic rings. The maximum absolute atomic E-state index is 12.5. The van der Waals surface area contributed by atoms with E-state index >= 15 is 0 Å². The van der Waals surface area contributed by atoms with Gasteiger partial charge < -0.3 is 10.1 Å². The number of anilines is 1. The molecule has 0 unspecified atom stereocenters. The molecule has 1 N–H and O–H groups in total. The number of benzene rings is 3. The van der Waals surface area contributed by atoms with E-state index in [1.807, 2.05) is 66.9 Å². The number of hydrogen-bond acceptors (Lipinski definition) is 6. The van der Waals surface area contributed by atoms with Gasteiger partial charge in [-0.2, -0.15) is 5.26 Å². The molecular weight excluding hydrogens is 446 g/mol. The van der Waals surface area contributed by atoms with Crippen LogP contribution in [0.1, 0.15) is 22.5 Å². The van der Waals surface area contributed by atoms with Crippen molar-refractivity contribution in [3.8, 4) is 17.5 Å². The lowest BCUT2D eigenvalue weighted by atomic mass is 10.1. The van der Waals surface area contributed by atoms with Crippen molar-refractivity contribution in [1.29, 1.82) is 5.26 Å². The summed E-state index contributed by atoms with van der Waals surface area (Å²) in [4.78, 5) is 12.5. The van der Waals surface area contributed by atoms with Crippen molar-refractivity contribution in [2.75, 3.05) is 11.1 Å². The van der Waals surface area contributed by atoms with Crippen LogP contribution in [0, 0.1) is 25.2 Å². The van der Waals surface area contributed by atoms with Gasteiger partial charge in [0.2, 0.25) is 5.91 Å². The zero-order valence-corrected chi connectivity index (χ0v) is 19.7. The number of amides is 1. The lowest BCUT2D eigenvalue weighted by Crippen LogP contribution is -2.14. The Kier molecular flexibility index (Phi) is 7.25. The van der Waals surface area contributed by atoms with E-state index < -0.39 is 0 Å². The average Bonchev–Trinajstić information content (AvgIpc) is 3.26. The van der Waals surface area contributed by atoms with E-state index in [1.165, 1.54) is 11.8 Å². The van der Waals surface area contributed by atoms with Gasteiger partial charge in [-0.1, -0.05) is 48.2 Å². The Morgan fingerprint density at radius 1 is 1.00 bits per heavy atom. The summed E-state index contributed by atoms with van der Waals surface area (Å²) in [5.74, 6) is 1.46. The van der Waals surface area contributed by atoms with E-state index in [4.69, 9.17) is 10.00 Å². The van der Waals surface area contributed by atoms with Crippen LogP contribution in [0.15, 0.2) is 78.0 Å². The summed E-state index contributed by atoms with van der Waals surface area (Å²) < 4.78 is 8.03. The van der Waals surface area contributed by atoms with E-state index in [0.29, 0.717) is 22.2 Å². The molecule has 8 heteroatoms. The maximum Gasteiger partial charge on any atom is 0.234 e. The minimum Gasteiger partial charge on any atom is -0.485 e. The molecule has 0 fully saturated rings. The first-order chi connectivity index (χ1) is 16.5. The number of nitriles is 1. The number of aromatic nitrogens is 3. The van der Waals surface area contributed by atoms with Gasteiger partial charge in [0.05, 0.1) is 17.4 Å². The van der Waals surface area contributed by atoms with Crippen molar-refractivity contribution < 1.29 is 9.53 Å². The lowest BCUT2D eigenvalue weighted by molar-refractivity contribution is -0.113. The van der Waals surface area contributed by atoms with Gasteiger partial charge in [-0.15, -0.1) is 10.2 Å². The van der Waals surface area contributed by atoms with E-state index in [9.17, 15) is 4.79 Å². The molecule has 170 valence electrons. The second-order valence-corrected chi connectivity index (χ2v) is 8.55. The van der Waals surface area contributed by atoms with Crippen molar-refractivity contribution in [3.05, 3.63) is 95.3 Å². The molecule has 0 saturated heterocycles. The van der Waals surface area contributed by atoms with Gasteiger partial charge in [0, 0.05) is 11.4 Å². The minimum absolute atomic E-state index is 0.155. The van der Waals surface area contributed by atoms with E-state index in [-0.39, 0.29) is 18.3 Å². The quantitative estimate of drug-likeness (QED) is 0.362. The molecule has 0 spiro atoms. The summed E-state index contributed by atoms with van der Waals surface area (Å²) in [6.07, 6.45) is 0. The fraction of sp³-hybridized carbons (Fsp3) is 0.154. The highest BCUT2D eigenvalue weighted by Gasteiger charge is 2.17. The van der Waals surface area contributed by atoms with Crippen LogP contribution in [-0.2, 0) is 11.4 Å². The zero-order valence-electron chi connectivity index (χ0n) is 18.9. The number of hydrogen-bond donors (Lipinski definition) is 1. The van der Waals surface area contributed by atoms with Gasteiger partial charge in [-0.25, -0.2) is 0 Å². The van der Waals surface area contributed by atoms with Crippen molar-refractivity contribution in [2.24, 2.45) is 0 Å². The number of para-hydroxylation sites is 2. The van der Waals surface area contributed by atoms with Gasteiger partial charge in [-0.05, 0) is 61.4 Å². The van der Waals surface area contributed by atoms with Crippen molar-refractivity contribution >= 4 is 23.4 Å². The summed E-state index contributed by atoms with van der Waals surface area (Å²) in [6, 6.07) is 24.6. The number of aryl methyl sites for hydroxylation is 2. The second-order valence-electron chi connectivity index (χ2n) is 7.61. The highest BCUT2D eigenvalue weighted by atomic mass is 32.2. The van der Waals surface area contributed by atoms with Gasteiger partial charge in [0.1, 0.15) is 12.4 Å². The Morgan fingerprint density at radius 2 is 1.71 bits per heavy atom. The highest BCUT2D eigenvalue weighted by Crippen LogP contribution is 2.26. The van der Waals surface area contributed by atoms with Crippen LogP contribution in [0.5, 0.6) is 5.75 Å². The maximum atomic E-state index is 12.5. The predicted octanol–water partition coefficient (Wildman–Crippen LogP) is 5.07. The Morgan fingerprint density at radius 3 is 2.38 bits per heavy atom. The molecule has 1 heterocycles. The van der Waals surface area contributed by atoms with Crippen LogP contribution in [0.3, 0.4) is 0 Å². The fourth-order valence-electron chi connectivity index (χ4n) is 3.44. The van der Waals surface area contributed by atoms with Crippen molar-refractivity contribution in [2.45, 2.75) is 25.6 Å². The number of carbonyl (C=O) groups is 1. The third kappa shape index (κ3) is 5.45. The fourth-order valence-corrected chi connectivity index (χ4v) is 4.21. The molecule has 0 aliphatic rings. The van der Waals surface area contributed by atoms with Gasteiger partial charge in [0.15, 0.2) is 11.0 Å². The first-order valence-electron chi connectivity index (χ1n) is 10.7. The van der Waals surface area contributed by atoms with E-state index in [2.05, 4.69) is 21.6 Å². The number of nitrogens with one attached hydrogen (secondary N) is 1. The summed E-state index contributed by atoms with van der Waals surface area (Å²) in [5.41, 5.74) is 4.18. The normalized spacial score (nSPS) is 10.5. The van der Waals surface area contributed by atoms with Gasteiger partial charge in [0.25, 0.3) is 0 Å². The molecule has 0 radical (unpaired) electrons. The third-order valence-corrected chi connectivity index (χ3v) is 6.03. The molecule has 7 nitrogen and oxygen atoms in total. The molecule has 0 bridgehead atoms. The number of ether oxygens (including phenoxy) is 1. The van der Waals surface area contributed by atoms with Crippen LogP contribution in [0.4, 0.5) is 5.69 Å². The molecule has 0 atom stereocenters. The zero-order chi connectivity index (χ0) is 23.9. The van der Waals surface area contributed by atoms with E-state index in [1.54, 1.807) is 24.3 Å². The first-order valence-corrected chi connectivity index (χ1v) is 11.7. The summed E-state index contributed by atoms with van der Waals surface area (Å²) in [7, 11) is 0. The standard InChI is InChI=1S/C26H23N5O2S/c1-18-7-6-8-19(2)25(18)33-16-23-29-30-26(31(23)22-9-4-3-5-10-22)34-17-24(32)28-21-13-11-20(15-27)12-14-21/h3-14H,16-17H2,1-2H3,(H,28,32). The molecule has 1 aromatic heterocycles. The molecule has 3 aromatic carbocycles. The van der Waals surface area contributed by atoms with Crippen molar-refractivity contribution in [1.82, 2.24) is 14.8 Å². The monoisotopic (exact) mass is 469 g/mol. The van der Waals surface area contributed by atoms with Crippen LogP contribution >= 0.6 is 11.8 Å². The van der Waals surface area contributed by atoms with Gasteiger partial charge in [-0.3, -0.25) is 9.36 Å². The lowest BCUT2D eigenvalue weighted by Gasteiger charge is -2.13. The average molecular weight is 470 g/mol. The summed E-state index contributed by atoms with van der Waals surface area (Å²) in [5, 5.41) is 21.0. The Bertz CT molecular complexity index is 1310. The predicted molar refractivity (Wildman–Crippen MR) is 132 cm³/mol. The Balaban J connectivity index is 1.50. The van der Waals surface area contributed by atoms with Crippen molar-refractivity contribution in [3.63, 3.8) is 0 Å². The first kappa shape index (κ1) is 23.1. The molecule has 0 aliphatic carbocycles. The third-order valence-electron chi connectivity index (χ3n) is 5.10. The topological polar surface area (TPSA) is 92.8 Å². The summed E-state index contributed by atoms with van der Waals surface area (Å²) >= 11 is 1.30.